The summed E-state index contributed by atoms with van der Waals surface area (Å²) in [6, 6.07) is 16.5. The molecule has 0 saturated heterocycles. The van der Waals surface area contributed by atoms with Gasteiger partial charge in [-0.25, -0.2) is 4.79 Å². The molecule has 1 aliphatic carbocycles. The summed E-state index contributed by atoms with van der Waals surface area (Å²) in [5.41, 5.74) is 1.60. The molecule has 1 heterocycles. The maximum absolute atomic E-state index is 13.0. The molecule has 0 atom stereocenters. The van der Waals surface area contributed by atoms with Crippen LogP contribution in [0.1, 0.15) is 47.8 Å². The van der Waals surface area contributed by atoms with Crippen LogP contribution in [0.2, 0.25) is 0 Å². The number of hydrogen-bond donors (Lipinski definition) is 1. The fourth-order valence-corrected chi connectivity index (χ4v) is 4.16. The highest BCUT2D eigenvalue weighted by Crippen LogP contribution is 2.31. The van der Waals surface area contributed by atoms with E-state index in [4.69, 9.17) is 14.2 Å². The quantitative estimate of drug-likeness (QED) is 0.431. The minimum Gasteiger partial charge on any atom is -0.486 e. The highest BCUT2D eigenvalue weighted by molar-refractivity contribution is 6.30. The van der Waals surface area contributed by atoms with E-state index < -0.39 is 24.3 Å². The third-order valence-electron chi connectivity index (χ3n) is 5.85. The van der Waals surface area contributed by atoms with Crippen molar-refractivity contribution in [1.82, 2.24) is 5.32 Å². The van der Waals surface area contributed by atoms with Gasteiger partial charge in [0.05, 0.1) is 5.56 Å². The van der Waals surface area contributed by atoms with Crippen LogP contribution >= 0.6 is 0 Å². The van der Waals surface area contributed by atoms with E-state index in [9.17, 15) is 19.2 Å². The number of hydrogen-bond acceptors (Lipinski definition) is 7. The molecule has 3 aromatic carbocycles. The summed E-state index contributed by atoms with van der Waals surface area (Å²) in [5.74, 6) is -0.704. The molecule has 0 radical (unpaired) electrons. The van der Waals surface area contributed by atoms with E-state index in [-0.39, 0.29) is 28.0 Å². The molecule has 5 rings (SSSR count). The Labute approximate surface area is 200 Å². The maximum atomic E-state index is 13.0. The van der Waals surface area contributed by atoms with E-state index in [0.717, 1.165) is 5.56 Å². The smallest absolute Gasteiger partial charge is 0.339 e. The highest BCUT2D eigenvalue weighted by atomic mass is 16.6. The van der Waals surface area contributed by atoms with Crippen molar-refractivity contribution in [3.63, 3.8) is 0 Å². The van der Waals surface area contributed by atoms with Crippen LogP contribution in [0.25, 0.3) is 0 Å². The average molecular weight is 471 g/mol. The molecule has 35 heavy (non-hydrogen) atoms. The van der Waals surface area contributed by atoms with Gasteiger partial charge in [0.2, 0.25) is 0 Å². The summed E-state index contributed by atoms with van der Waals surface area (Å²) < 4.78 is 16.2. The second-order valence-electron chi connectivity index (χ2n) is 8.09. The molecule has 176 valence electrons. The van der Waals surface area contributed by atoms with Crippen molar-refractivity contribution < 1.29 is 33.4 Å². The van der Waals surface area contributed by atoms with Gasteiger partial charge in [-0.1, -0.05) is 42.5 Å². The van der Waals surface area contributed by atoms with Crippen molar-refractivity contribution in [2.24, 2.45) is 0 Å². The number of amides is 1. The first kappa shape index (κ1) is 22.3. The van der Waals surface area contributed by atoms with Gasteiger partial charge in [0.15, 0.2) is 29.7 Å². The molecule has 0 fully saturated rings. The van der Waals surface area contributed by atoms with E-state index in [1.807, 2.05) is 18.2 Å². The van der Waals surface area contributed by atoms with Crippen LogP contribution in [0.3, 0.4) is 0 Å². The van der Waals surface area contributed by atoms with Crippen LogP contribution in [-0.2, 0) is 16.0 Å². The molecule has 2 aliphatic rings. The molecule has 0 saturated carbocycles. The standard InChI is InChI=1S/C27H21NO7/c29-23(28-11-10-16-8-9-21-22(14-16)34-13-12-33-21)15-35-27(32)20-7-3-6-19-24(20)26(31)18-5-2-1-4-17(18)25(19)30/h1-9,14H,10-13,15H2,(H,28,29). The predicted octanol–water partition coefficient (Wildman–Crippen LogP) is 2.75. The normalized spacial score (nSPS) is 13.5. The van der Waals surface area contributed by atoms with Gasteiger partial charge in [-0.05, 0) is 30.2 Å². The summed E-state index contributed by atoms with van der Waals surface area (Å²) in [4.78, 5) is 50.8. The summed E-state index contributed by atoms with van der Waals surface area (Å²) in [6.07, 6.45) is 0.554. The minimum absolute atomic E-state index is 0.000200. The van der Waals surface area contributed by atoms with E-state index in [2.05, 4.69) is 5.32 Å². The number of benzene rings is 3. The van der Waals surface area contributed by atoms with Crippen molar-refractivity contribution in [2.45, 2.75) is 6.42 Å². The van der Waals surface area contributed by atoms with Crippen LogP contribution in [0.15, 0.2) is 60.7 Å². The molecule has 1 amide bonds. The van der Waals surface area contributed by atoms with Gasteiger partial charge in [0.25, 0.3) is 5.91 Å². The Morgan fingerprint density at radius 1 is 0.829 bits per heavy atom. The van der Waals surface area contributed by atoms with Crippen molar-refractivity contribution >= 4 is 23.4 Å². The number of fused-ring (bicyclic) bond motifs is 3. The van der Waals surface area contributed by atoms with Crippen LogP contribution in [0.5, 0.6) is 11.5 Å². The molecular formula is C27H21NO7. The lowest BCUT2D eigenvalue weighted by atomic mass is 9.82. The van der Waals surface area contributed by atoms with Gasteiger partial charge < -0.3 is 19.5 Å². The fraction of sp³-hybridized carbons (Fsp3) is 0.185. The monoisotopic (exact) mass is 471 g/mol. The Balaban J connectivity index is 1.19. The average Bonchev–Trinajstić information content (AvgIpc) is 2.90. The fourth-order valence-electron chi connectivity index (χ4n) is 4.16. The molecular weight excluding hydrogens is 450 g/mol. The van der Waals surface area contributed by atoms with Gasteiger partial charge in [-0.15, -0.1) is 0 Å². The van der Waals surface area contributed by atoms with Gasteiger partial charge in [-0.2, -0.15) is 0 Å². The molecule has 8 nitrogen and oxygen atoms in total. The first-order valence-electron chi connectivity index (χ1n) is 11.2. The van der Waals surface area contributed by atoms with Crippen molar-refractivity contribution in [3.05, 3.63) is 94.0 Å². The zero-order valence-corrected chi connectivity index (χ0v) is 18.7. The number of ketones is 2. The summed E-state index contributed by atoms with van der Waals surface area (Å²) >= 11 is 0. The lowest BCUT2D eigenvalue weighted by molar-refractivity contribution is -0.124. The SMILES string of the molecule is O=C(COC(=O)c1cccc2c1C(=O)c1ccccc1C2=O)NCCc1ccc2c(c1)OCCO2. The van der Waals surface area contributed by atoms with E-state index >= 15 is 0 Å². The van der Waals surface area contributed by atoms with Gasteiger partial charge in [0, 0.05) is 28.8 Å². The first-order valence-corrected chi connectivity index (χ1v) is 11.2. The molecule has 3 aromatic rings. The Morgan fingerprint density at radius 2 is 1.54 bits per heavy atom. The van der Waals surface area contributed by atoms with Gasteiger partial charge in [0.1, 0.15) is 13.2 Å². The first-order chi connectivity index (χ1) is 17.0. The zero-order valence-electron chi connectivity index (χ0n) is 18.7. The van der Waals surface area contributed by atoms with Crippen LogP contribution in [-0.4, -0.2) is 49.8 Å². The summed E-state index contributed by atoms with van der Waals surface area (Å²) in [7, 11) is 0. The summed E-state index contributed by atoms with van der Waals surface area (Å²) in [6.45, 7) is 0.836. The van der Waals surface area contributed by atoms with Crippen LogP contribution in [0, 0.1) is 0 Å². The number of esters is 1. The Hall–Kier alpha value is -4.46. The topological polar surface area (TPSA) is 108 Å². The zero-order chi connectivity index (χ0) is 24.4. The van der Waals surface area contributed by atoms with Crippen LogP contribution < -0.4 is 14.8 Å². The Morgan fingerprint density at radius 3 is 2.34 bits per heavy atom. The largest absolute Gasteiger partial charge is 0.486 e. The Kier molecular flexibility index (Phi) is 6.01. The number of ether oxygens (including phenoxy) is 3. The van der Waals surface area contributed by atoms with Crippen molar-refractivity contribution in [3.8, 4) is 11.5 Å². The lowest BCUT2D eigenvalue weighted by Gasteiger charge is -2.19. The van der Waals surface area contributed by atoms with Crippen molar-refractivity contribution in [1.29, 1.82) is 0 Å². The minimum atomic E-state index is -0.843. The van der Waals surface area contributed by atoms with E-state index in [0.29, 0.717) is 43.2 Å². The second-order valence-corrected chi connectivity index (χ2v) is 8.09. The summed E-state index contributed by atoms with van der Waals surface area (Å²) in [5, 5.41) is 2.70. The molecule has 0 unspecified atom stereocenters. The molecule has 0 spiro atoms. The van der Waals surface area contributed by atoms with E-state index in [1.54, 1.807) is 24.3 Å². The van der Waals surface area contributed by atoms with Crippen molar-refractivity contribution in [2.75, 3.05) is 26.4 Å². The third-order valence-corrected chi connectivity index (χ3v) is 5.85. The van der Waals surface area contributed by atoms with E-state index in [1.165, 1.54) is 18.2 Å². The van der Waals surface area contributed by atoms with Crippen LogP contribution in [0.4, 0.5) is 0 Å². The Bertz CT molecular complexity index is 1360. The predicted molar refractivity (Wildman–Crippen MR) is 124 cm³/mol. The second kappa shape index (κ2) is 9.42. The van der Waals surface area contributed by atoms with Gasteiger partial charge >= 0.3 is 5.97 Å². The third kappa shape index (κ3) is 4.38. The number of rotatable bonds is 6. The number of carbonyl (C=O) groups is 4. The molecule has 8 heteroatoms. The molecule has 0 aromatic heterocycles. The molecule has 1 aliphatic heterocycles. The number of carbonyl (C=O) groups excluding carboxylic acids is 4. The number of nitrogens with one attached hydrogen (secondary N) is 1. The highest BCUT2D eigenvalue weighted by Gasteiger charge is 2.33. The van der Waals surface area contributed by atoms with Gasteiger partial charge in [-0.3, -0.25) is 14.4 Å². The lowest BCUT2D eigenvalue weighted by Crippen LogP contribution is -2.31. The maximum Gasteiger partial charge on any atom is 0.339 e. The molecule has 1 N–H and O–H groups in total. The molecule has 0 bridgehead atoms.